The van der Waals surface area contributed by atoms with Crippen molar-refractivity contribution >= 4 is 40.5 Å². The number of nitrogens with one attached hydrogen (secondary N) is 1. The number of anilines is 2. The Labute approximate surface area is 176 Å². The maximum Gasteiger partial charge on any atom is 0.293 e. The lowest BCUT2D eigenvalue weighted by molar-refractivity contribution is -0.384. The van der Waals surface area contributed by atoms with E-state index < -0.39 is 10.8 Å². The Morgan fingerprint density at radius 2 is 2.00 bits per heavy atom. The first-order valence-corrected chi connectivity index (χ1v) is 9.55. The molecule has 3 aromatic rings. The number of nitrogens with zero attached hydrogens (tertiary/aromatic N) is 2. The molecule has 0 fully saturated rings. The second kappa shape index (κ2) is 8.00. The highest BCUT2D eigenvalue weighted by atomic mass is 35.5. The van der Waals surface area contributed by atoms with Gasteiger partial charge in [-0.2, -0.15) is 0 Å². The van der Waals surface area contributed by atoms with Crippen LogP contribution in [0.4, 0.5) is 17.1 Å². The van der Waals surface area contributed by atoms with E-state index in [1.54, 1.807) is 35.2 Å². The molecule has 2 aromatic carbocycles. The molecule has 0 atom stereocenters. The van der Waals surface area contributed by atoms with Gasteiger partial charge < -0.3 is 14.6 Å². The van der Waals surface area contributed by atoms with E-state index >= 15 is 0 Å². The molecule has 30 heavy (non-hydrogen) atoms. The van der Waals surface area contributed by atoms with Gasteiger partial charge in [-0.1, -0.05) is 11.6 Å². The summed E-state index contributed by atoms with van der Waals surface area (Å²) in [6.45, 7) is 0.576. The third-order valence-electron chi connectivity index (χ3n) is 4.84. The normalized spacial score (nSPS) is 12.9. The summed E-state index contributed by atoms with van der Waals surface area (Å²) >= 11 is 5.80. The van der Waals surface area contributed by atoms with Crippen molar-refractivity contribution in [3.05, 3.63) is 86.8 Å². The van der Waals surface area contributed by atoms with Crippen molar-refractivity contribution in [1.82, 2.24) is 0 Å². The van der Waals surface area contributed by atoms with E-state index in [9.17, 15) is 19.7 Å². The first-order chi connectivity index (χ1) is 14.4. The van der Waals surface area contributed by atoms with Gasteiger partial charge in [0, 0.05) is 29.5 Å². The Morgan fingerprint density at radius 3 is 2.73 bits per heavy atom. The summed E-state index contributed by atoms with van der Waals surface area (Å²) in [5, 5.41) is 13.7. The van der Waals surface area contributed by atoms with Crippen LogP contribution in [-0.4, -0.2) is 23.3 Å². The van der Waals surface area contributed by atoms with Crippen LogP contribution in [0.3, 0.4) is 0 Å². The van der Waals surface area contributed by atoms with E-state index in [-0.39, 0.29) is 27.9 Å². The molecular formula is C21H16ClN3O5. The minimum Gasteiger partial charge on any atom is -0.459 e. The van der Waals surface area contributed by atoms with Crippen LogP contribution >= 0.6 is 11.6 Å². The summed E-state index contributed by atoms with van der Waals surface area (Å²) in [7, 11) is 0. The number of carbonyl (C=O) groups excluding carboxylic acids is 2. The van der Waals surface area contributed by atoms with E-state index in [2.05, 4.69) is 5.32 Å². The molecule has 0 radical (unpaired) electrons. The van der Waals surface area contributed by atoms with Gasteiger partial charge in [-0.05, 0) is 60.9 Å². The zero-order valence-electron chi connectivity index (χ0n) is 15.6. The van der Waals surface area contributed by atoms with Crippen molar-refractivity contribution in [2.24, 2.45) is 0 Å². The third-order valence-corrected chi connectivity index (χ3v) is 5.16. The quantitative estimate of drug-likeness (QED) is 0.482. The number of nitro benzene ring substituents is 1. The number of benzene rings is 2. The van der Waals surface area contributed by atoms with Crippen LogP contribution in [0.15, 0.2) is 59.2 Å². The van der Waals surface area contributed by atoms with Crippen LogP contribution in [0.25, 0.3) is 0 Å². The zero-order chi connectivity index (χ0) is 21.3. The first kappa shape index (κ1) is 19.7. The second-order valence-corrected chi connectivity index (χ2v) is 7.17. The number of hydrogen-bond acceptors (Lipinski definition) is 5. The van der Waals surface area contributed by atoms with Crippen LogP contribution in [0.2, 0.25) is 5.02 Å². The number of furan rings is 1. The van der Waals surface area contributed by atoms with Crippen molar-refractivity contribution in [3.63, 3.8) is 0 Å². The number of hydrogen-bond donors (Lipinski definition) is 1. The smallest absolute Gasteiger partial charge is 0.293 e. The Balaban J connectivity index is 1.56. The molecule has 0 saturated heterocycles. The predicted molar refractivity (Wildman–Crippen MR) is 111 cm³/mol. The van der Waals surface area contributed by atoms with Gasteiger partial charge in [-0.3, -0.25) is 19.7 Å². The summed E-state index contributed by atoms with van der Waals surface area (Å²) in [6, 6.07) is 12.4. The minimum atomic E-state index is -0.636. The molecule has 0 saturated carbocycles. The van der Waals surface area contributed by atoms with Crippen molar-refractivity contribution in [2.75, 3.05) is 16.8 Å². The lowest BCUT2D eigenvalue weighted by Crippen LogP contribution is -2.35. The summed E-state index contributed by atoms with van der Waals surface area (Å²) in [5.74, 6) is -0.440. The average Bonchev–Trinajstić information content (AvgIpc) is 3.27. The van der Waals surface area contributed by atoms with E-state index in [1.165, 1.54) is 18.4 Å². The summed E-state index contributed by atoms with van der Waals surface area (Å²) in [5.41, 5.74) is 2.01. The fourth-order valence-electron chi connectivity index (χ4n) is 3.42. The van der Waals surface area contributed by atoms with Gasteiger partial charge in [0.2, 0.25) is 0 Å². The molecule has 1 N–H and O–H groups in total. The molecule has 1 aliphatic rings. The largest absolute Gasteiger partial charge is 0.459 e. The molecule has 2 heterocycles. The maximum absolute atomic E-state index is 12.7. The van der Waals surface area contributed by atoms with E-state index in [1.807, 2.05) is 0 Å². The molecule has 2 amide bonds. The van der Waals surface area contributed by atoms with Gasteiger partial charge in [-0.25, -0.2) is 0 Å². The first-order valence-electron chi connectivity index (χ1n) is 9.17. The van der Waals surface area contributed by atoms with Crippen molar-refractivity contribution < 1.29 is 18.9 Å². The molecule has 152 valence electrons. The van der Waals surface area contributed by atoms with Gasteiger partial charge in [0.05, 0.1) is 11.2 Å². The monoisotopic (exact) mass is 425 g/mol. The molecule has 0 unspecified atom stereocenters. The maximum atomic E-state index is 12.7. The molecule has 0 spiro atoms. The topological polar surface area (TPSA) is 106 Å². The summed E-state index contributed by atoms with van der Waals surface area (Å²) < 4.78 is 5.22. The number of carbonyl (C=O) groups is 2. The van der Waals surface area contributed by atoms with E-state index in [0.29, 0.717) is 12.2 Å². The number of amides is 2. The van der Waals surface area contributed by atoms with Gasteiger partial charge in [0.1, 0.15) is 5.02 Å². The number of aryl methyl sites for hydroxylation is 1. The van der Waals surface area contributed by atoms with E-state index in [0.717, 1.165) is 30.2 Å². The minimum absolute atomic E-state index is 0.0355. The Hall–Kier alpha value is -3.65. The lowest BCUT2D eigenvalue weighted by atomic mass is 10.0. The van der Waals surface area contributed by atoms with Crippen LogP contribution in [-0.2, 0) is 6.42 Å². The standard InChI is InChI=1S/C21H16ClN3O5/c22-16-7-5-14(12-18(16)25(28)29)20(26)23-15-6-8-17-13(11-15)3-1-9-24(17)21(27)19-4-2-10-30-19/h2,4-8,10-12H,1,3,9H2,(H,23,26). The van der Waals surface area contributed by atoms with Gasteiger partial charge in [0.15, 0.2) is 5.76 Å². The number of fused-ring (bicyclic) bond motifs is 1. The second-order valence-electron chi connectivity index (χ2n) is 6.76. The van der Waals surface area contributed by atoms with E-state index in [4.69, 9.17) is 16.0 Å². The predicted octanol–water partition coefficient (Wildman–Crippen LogP) is 4.69. The molecule has 0 aliphatic carbocycles. The van der Waals surface area contributed by atoms with Crippen molar-refractivity contribution in [2.45, 2.75) is 12.8 Å². The van der Waals surface area contributed by atoms with Gasteiger partial charge in [0.25, 0.3) is 17.5 Å². The Morgan fingerprint density at radius 1 is 1.17 bits per heavy atom. The molecule has 0 bridgehead atoms. The molecule has 4 rings (SSSR count). The third kappa shape index (κ3) is 3.77. The van der Waals surface area contributed by atoms with Crippen LogP contribution in [0.5, 0.6) is 0 Å². The highest BCUT2D eigenvalue weighted by Gasteiger charge is 2.25. The number of halogens is 1. The SMILES string of the molecule is O=C(Nc1ccc2c(c1)CCCN2C(=O)c1ccco1)c1ccc(Cl)c([N+](=O)[O-])c1. The lowest BCUT2D eigenvalue weighted by Gasteiger charge is -2.29. The summed E-state index contributed by atoms with van der Waals surface area (Å²) in [6.07, 6.45) is 2.99. The average molecular weight is 426 g/mol. The fourth-order valence-corrected chi connectivity index (χ4v) is 3.60. The summed E-state index contributed by atoms with van der Waals surface area (Å²) in [4.78, 5) is 37.3. The zero-order valence-corrected chi connectivity index (χ0v) is 16.4. The van der Waals surface area contributed by atoms with Gasteiger partial charge >= 0.3 is 0 Å². The molecule has 1 aromatic heterocycles. The molecule has 8 nitrogen and oxygen atoms in total. The highest BCUT2D eigenvalue weighted by molar-refractivity contribution is 6.32. The Kier molecular flexibility index (Phi) is 5.24. The van der Waals surface area contributed by atoms with Crippen molar-refractivity contribution in [1.29, 1.82) is 0 Å². The number of nitro groups is 1. The molecular weight excluding hydrogens is 410 g/mol. The van der Waals surface area contributed by atoms with Crippen molar-refractivity contribution in [3.8, 4) is 0 Å². The Bertz CT molecular complexity index is 1140. The van der Waals surface area contributed by atoms with Crippen LogP contribution in [0.1, 0.15) is 32.9 Å². The van der Waals surface area contributed by atoms with Crippen LogP contribution < -0.4 is 10.2 Å². The number of rotatable bonds is 4. The molecule has 1 aliphatic heterocycles. The molecule has 9 heteroatoms. The highest BCUT2D eigenvalue weighted by Crippen LogP contribution is 2.31. The van der Waals surface area contributed by atoms with Gasteiger partial charge in [-0.15, -0.1) is 0 Å². The fraction of sp³-hybridized carbons (Fsp3) is 0.143. The van der Waals surface area contributed by atoms with Crippen LogP contribution in [0, 0.1) is 10.1 Å².